The summed E-state index contributed by atoms with van der Waals surface area (Å²) in [5, 5.41) is 6.43. The zero-order valence-electron chi connectivity index (χ0n) is 13.3. The molecule has 5 heteroatoms. The van der Waals surface area contributed by atoms with Gasteiger partial charge >= 0.3 is 0 Å². The standard InChI is InChI=1S/C16H25N5/c1-12-5-6-14(13(2)11-12)19-15-18-9-7-16(17,20-15)8-10-21(3)4/h5-7,9,11H,8,10,17H2,1-4H3,(H2,18,19,20). The van der Waals surface area contributed by atoms with Gasteiger partial charge in [0, 0.05) is 24.9 Å². The van der Waals surface area contributed by atoms with E-state index < -0.39 is 5.66 Å². The van der Waals surface area contributed by atoms with E-state index in [9.17, 15) is 0 Å². The number of nitrogens with two attached hydrogens (primary N) is 1. The Hall–Kier alpha value is -1.85. The summed E-state index contributed by atoms with van der Waals surface area (Å²) in [5.74, 6) is 0.686. The molecule has 1 aromatic rings. The van der Waals surface area contributed by atoms with E-state index in [-0.39, 0.29) is 0 Å². The first-order chi connectivity index (χ1) is 9.88. The fourth-order valence-corrected chi connectivity index (χ4v) is 2.23. The second-order valence-electron chi connectivity index (χ2n) is 5.93. The molecule has 21 heavy (non-hydrogen) atoms. The molecule has 0 spiro atoms. The molecule has 0 fully saturated rings. The quantitative estimate of drug-likeness (QED) is 0.790. The maximum Gasteiger partial charge on any atom is 0.202 e. The van der Waals surface area contributed by atoms with Crippen LogP contribution in [0.4, 0.5) is 5.69 Å². The Bertz CT molecular complexity index is 562. The second-order valence-corrected chi connectivity index (χ2v) is 5.93. The van der Waals surface area contributed by atoms with Gasteiger partial charge in [0.1, 0.15) is 5.66 Å². The lowest BCUT2D eigenvalue weighted by Crippen LogP contribution is -2.45. The summed E-state index contributed by atoms with van der Waals surface area (Å²) < 4.78 is 0. The number of nitrogens with zero attached hydrogens (tertiary/aromatic N) is 2. The maximum atomic E-state index is 6.33. The number of anilines is 1. The van der Waals surface area contributed by atoms with Gasteiger partial charge in [0.25, 0.3) is 0 Å². The summed E-state index contributed by atoms with van der Waals surface area (Å²) in [6.07, 6.45) is 4.54. The van der Waals surface area contributed by atoms with E-state index in [1.54, 1.807) is 0 Å². The minimum Gasteiger partial charge on any atom is -0.333 e. The normalized spacial score (nSPS) is 21.1. The SMILES string of the molecule is Cc1ccc(NC2=NC(N)(CCN(C)C)C=CN2)c(C)c1. The van der Waals surface area contributed by atoms with Crippen molar-refractivity contribution in [1.82, 2.24) is 10.2 Å². The Kier molecular flexibility index (Phi) is 4.65. The highest BCUT2D eigenvalue weighted by Crippen LogP contribution is 2.18. The summed E-state index contributed by atoms with van der Waals surface area (Å²) >= 11 is 0. The van der Waals surface area contributed by atoms with Crippen LogP contribution >= 0.6 is 0 Å². The molecule has 0 saturated heterocycles. The number of aliphatic imine (C=N–C) groups is 1. The van der Waals surface area contributed by atoms with Crippen LogP contribution in [0.5, 0.6) is 0 Å². The van der Waals surface area contributed by atoms with Gasteiger partial charge in [0.05, 0.1) is 0 Å². The first-order valence-electron chi connectivity index (χ1n) is 7.20. The molecule has 1 aliphatic heterocycles. The molecule has 1 aliphatic rings. The monoisotopic (exact) mass is 287 g/mol. The summed E-state index contributed by atoms with van der Waals surface area (Å²) in [7, 11) is 4.07. The first-order valence-corrected chi connectivity index (χ1v) is 7.20. The van der Waals surface area contributed by atoms with Crippen molar-refractivity contribution in [3.63, 3.8) is 0 Å². The lowest BCUT2D eigenvalue weighted by molar-refractivity contribution is 0.352. The molecule has 1 atom stereocenters. The van der Waals surface area contributed by atoms with Crippen LogP contribution < -0.4 is 16.4 Å². The minimum absolute atomic E-state index is 0.656. The van der Waals surface area contributed by atoms with E-state index in [4.69, 9.17) is 5.73 Å². The van der Waals surface area contributed by atoms with Crippen molar-refractivity contribution < 1.29 is 0 Å². The van der Waals surface area contributed by atoms with Crippen LogP contribution in [0.2, 0.25) is 0 Å². The lowest BCUT2D eigenvalue weighted by Gasteiger charge is -2.28. The number of guanidine groups is 1. The van der Waals surface area contributed by atoms with E-state index in [1.165, 1.54) is 11.1 Å². The van der Waals surface area contributed by atoms with E-state index in [1.807, 2.05) is 26.4 Å². The highest BCUT2D eigenvalue weighted by atomic mass is 15.2. The average Bonchev–Trinajstić information content (AvgIpc) is 2.40. The molecule has 2 rings (SSSR count). The third-order valence-electron chi connectivity index (χ3n) is 3.51. The molecular weight excluding hydrogens is 262 g/mol. The van der Waals surface area contributed by atoms with E-state index in [2.05, 4.69) is 52.6 Å². The van der Waals surface area contributed by atoms with E-state index >= 15 is 0 Å². The number of hydrogen-bond donors (Lipinski definition) is 3. The second kappa shape index (κ2) is 6.28. The van der Waals surface area contributed by atoms with Crippen LogP contribution in [-0.4, -0.2) is 37.2 Å². The molecule has 4 N–H and O–H groups in total. The zero-order valence-corrected chi connectivity index (χ0v) is 13.3. The van der Waals surface area contributed by atoms with Crippen molar-refractivity contribution in [3.05, 3.63) is 41.6 Å². The van der Waals surface area contributed by atoms with Gasteiger partial charge in [-0.25, -0.2) is 4.99 Å². The van der Waals surface area contributed by atoms with Crippen LogP contribution in [0.25, 0.3) is 0 Å². The molecule has 0 aromatic heterocycles. The predicted molar refractivity (Wildman–Crippen MR) is 89.3 cm³/mol. The average molecular weight is 287 g/mol. The highest BCUT2D eigenvalue weighted by molar-refractivity contribution is 5.95. The first kappa shape index (κ1) is 15.5. The summed E-state index contributed by atoms with van der Waals surface area (Å²) in [6.45, 7) is 5.06. The third-order valence-corrected chi connectivity index (χ3v) is 3.51. The number of benzene rings is 1. The van der Waals surface area contributed by atoms with Gasteiger partial charge in [-0.3, -0.25) is 0 Å². The van der Waals surface area contributed by atoms with Crippen molar-refractivity contribution in [3.8, 4) is 0 Å². The Morgan fingerprint density at radius 2 is 2.10 bits per heavy atom. The van der Waals surface area contributed by atoms with Crippen molar-refractivity contribution in [2.45, 2.75) is 25.9 Å². The van der Waals surface area contributed by atoms with Crippen molar-refractivity contribution in [1.29, 1.82) is 0 Å². The van der Waals surface area contributed by atoms with Crippen molar-refractivity contribution >= 4 is 11.6 Å². The van der Waals surface area contributed by atoms with Gasteiger partial charge in [-0.15, -0.1) is 0 Å². The molecule has 0 radical (unpaired) electrons. The van der Waals surface area contributed by atoms with Gasteiger partial charge in [0.2, 0.25) is 5.96 Å². The fraction of sp³-hybridized carbons (Fsp3) is 0.438. The Balaban J connectivity index is 2.11. The van der Waals surface area contributed by atoms with E-state index in [0.717, 1.165) is 18.7 Å². The molecule has 1 aromatic carbocycles. The van der Waals surface area contributed by atoms with Crippen molar-refractivity contribution in [2.75, 3.05) is 26.0 Å². The highest BCUT2D eigenvalue weighted by Gasteiger charge is 2.24. The maximum absolute atomic E-state index is 6.33. The van der Waals surface area contributed by atoms with Gasteiger partial charge in [-0.05, 0) is 45.6 Å². The number of rotatable bonds is 4. The Morgan fingerprint density at radius 1 is 1.33 bits per heavy atom. The summed E-state index contributed by atoms with van der Waals surface area (Å²) in [5.41, 5.74) is 9.15. The lowest BCUT2D eigenvalue weighted by atomic mass is 10.1. The zero-order chi connectivity index (χ0) is 15.5. The number of nitrogens with one attached hydrogen (secondary N) is 2. The largest absolute Gasteiger partial charge is 0.333 e. The fourth-order valence-electron chi connectivity index (χ4n) is 2.23. The van der Waals surface area contributed by atoms with Crippen LogP contribution in [-0.2, 0) is 0 Å². The smallest absolute Gasteiger partial charge is 0.202 e. The van der Waals surface area contributed by atoms with Crippen molar-refractivity contribution in [2.24, 2.45) is 10.7 Å². The molecular formula is C16H25N5. The summed E-state index contributed by atoms with van der Waals surface area (Å²) in [6, 6.07) is 6.28. The number of hydrogen-bond acceptors (Lipinski definition) is 5. The van der Waals surface area contributed by atoms with Crippen LogP contribution in [0, 0.1) is 13.8 Å². The Morgan fingerprint density at radius 3 is 2.76 bits per heavy atom. The van der Waals surface area contributed by atoms with Gasteiger partial charge in [-0.2, -0.15) is 0 Å². The molecule has 0 amide bonds. The number of aryl methyl sites for hydroxylation is 2. The summed E-state index contributed by atoms with van der Waals surface area (Å²) in [4.78, 5) is 6.71. The van der Waals surface area contributed by atoms with Gasteiger partial charge in [0.15, 0.2) is 0 Å². The third kappa shape index (κ3) is 4.31. The minimum atomic E-state index is -0.656. The Labute approximate surface area is 126 Å². The van der Waals surface area contributed by atoms with Gasteiger partial charge in [-0.1, -0.05) is 17.7 Å². The molecule has 1 heterocycles. The van der Waals surface area contributed by atoms with E-state index in [0.29, 0.717) is 5.96 Å². The molecule has 0 saturated carbocycles. The molecule has 0 bridgehead atoms. The molecule has 114 valence electrons. The molecule has 5 nitrogen and oxygen atoms in total. The van der Waals surface area contributed by atoms with Crippen LogP contribution in [0.3, 0.4) is 0 Å². The van der Waals surface area contributed by atoms with Crippen LogP contribution in [0.1, 0.15) is 17.5 Å². The molecule has 1 unspecified atom stereocenters. The topological polar surface area (TPSA) is 65.7 Å². The predicted octanol–water partition coefficient (Wildman–Crippen LogP) is 1.79. The molecule has 0 aliphatic carbocycles. The van der Waals surface area contributed by atoms with Gasteiger partial charge < -0.3 is 21.3 Å². The van der Waals surface area contributed by atoms with Crippen LogP contribution in [0.15, 0.2) is 35.5 Å².